The van der Waals surface area contributed by atoms with E-state index in [4.69, 9.17) is 23.7 Å². The van der Waals surface area contributed by atoms with Crippen molar-refractivity contribution >= 4 is 17.9 Å². The number of carbonyl (C=O) groups is 3. The highest BCUT2D eigenvalue weighted by Crippen LogP contribution is 3.06. The normalized spacial score (nSPS) is 44.7. The Bertz CT molecular complexity index is 1690. The number of aromatic hydroxyl groups is 3. The molecule has 47 heavy (non-hydrogen) atoms. The summed E-state index contributed by atoms with van der Waals surface area (Å²) < 4.78 is 29.1. The van der Waals surface area contributed by atoms with Crippen LogP contribution in [0.1, 0.15) is 40.5 Å². The van der Waals surface area contributed by atoms with Crippen LogP contribution in [0.2, 0.25) is 0 Å². The molecule has 6 aliphatic rings. The van der Waals surface area contributed by atoms with Gasteiger partial charge in [-0.25, -0.2) is 9.59 Å². The van der Waals surface area contributed by atoms with Gasteiger partial charge in [-0.05, 0) is 37.6 Å². The second-order valence-corrected chi connectivity index (χ2v) is 13.7. The molecule has 15 nitrogen and oxygen atoms in total. The maximum absolute atomic E-state index is 13.3. The molecule has 2 heterocycles. The second-order valence-electron chi connectivity index (χ2n) is 13.7. The molecule has 12 atom stereocenters. The van der Waals surface area contributed by atoms with E-state index in [9.17, 15) is 50.1 Å². The molecule has 6 unspecified atom stereocenters. The highest BCUT2D eigenvalue weighted by molar-refractivity contribution is 5.93. The minimum Gasteiger partial charge on any atom is -0.504 e. The highest BCUT2D eigenvalue weighted by Gasteiger charge is 3.15. The van der Waals surface area contributed by atoms with Crippen LogP contribution in [0, 0.1) is 22.2 Å². The number of aliphatic hydroxyl groups excluding tert-OH is 4. The number of phenolic OH excluding ortho intramolecular Hbond substituents is 3. The first-order valence-electron chi connectivity index (χ1n) is 15.1. The molecule has 0 aromatic heterocycles. The topological polar surface area (TPSA) is 239 Å². The second kappa shape index (κ2) is 9.33. The van der Waals surface area contributed by atoms with Gasteiger partial charge < -0.3 is 59.4 Å². The molecule has 2 spiro atoms. The van der Waals surface area contributed by atoms with Crippen molar-refractivity contribution in [3.63, 3.8) is 0 Å². The molecule has 6 fully saturated rings. The third-order valence-electron chi connectivity index (χ3n) is 11.8. The van der Waals surface area contributed by atoms with Gasteiger partial charge in [0.15, 0.2) is 23.5 Å². The number of ether oxygens (including phenoxy) is 5. The molecule has 2 saturated heterocycles. The molecule has 2 aliphatic heterocycles. The van der Waals surface area contributed by atoms with E-state index in [1.165, 1.54) is 0 Å². The van der Waals surface area contributed by atoms with Crippen LogP contribution in [0.3, 0.4) is 0 Å². The van der Waals surface area contributed by atoms with Crippen LogP contribution in [0.15, 0.2) is 42.5 Å². The van der Waals surface area contributed by atoms with Crippen molar-refractivity contribution in [3.05, 3.63) is 53.6 Å². The first kappa shape index (κ1) is 30.4. The van der Waals surface area contributed by atoms with Crippen molar-refractivity contribution in [2.75, 3.05) is 13.2 Å². The molecule has 2 aromatic rings. The summed E-state index contributed by atoms with van der Waals surface area (Å²) >= 11 is 0. The molecular weight excluding hydrogens is 624 g/mol. The van der Waals surface area contributed by atoms with Crippen LogP contribution in [-0.4, -0.2) is 115 Å². The third-order valence-corrected chi connectivity index (χ3v) is 11.8. The Hall–Kier alpha value is -3.99. The lowest BCUT2D eigenvalue weighted by Gasteiger charge is -2.63. The number of hydrogen-bond acceptors (Lipinski definition) is 15. The molecule has 250 valence electrons. The zero-order chi connectivity index (χ0) is 33.5. The van der Waals surface area contributed by atoms with Crippen molar-refractivity contribution in [1.29, 1.82) is 0 Å². The van der Waals surface area contributed by atoms with Gasteiger partial charge in [-0.3, -0.25) is 4.79 Å². The number of fused-ring (bicyclic) bond motifs is 3. The number of aliphatic hydroxyl groups is 4. The molecule has 4 saturated carbocycles. The van der Waals surface area contributed by atoms with Gasteiger partial charge in [-0.1, -0.05) is 18.2 Å². The van der Waals surface area contributed by atoms with E-state index in [1.807, 2.05) is 0 Å². The summed E-state index contributed by atoms with van der Waals surface area (Å²) in [6, 6.07) is 10.1. The number of carbonyl (C=O) groups excluding carboxylic acids is 3. The Morgan fingerprint density at radius 3 is 2.23 bits per heavy atom. The summed E-state index contributed by atoms with van der Waals surface area (Å²) in [5.41, 5.74) is -5.77. The van der Waals surface area contributed by atoms with E-state index in [0.717, 1.165) is 12.1 Å². The van der Waals surface area contributed by atoms with E-state index in [2.05, 4.69) is 0 Å². The summed E-state index contributed by atoms with van der Waals surface area (Å²) in [7, 11) is 0. The number of rotatable bonds is 8. The zero-order valence-electron chi connectivity index (χ0n) is 24.8. The maximum Gasteiger partial charge on any atom is 0.338 e. The van der Waals surface area contributed by atoms with Crippen LogP contribution < -0.4 is 0 Å². The fourth-order valence-corrected chi connectivity index (χ4v) is 10.0. The number of hydrogen-bond donors (Lipinski definition) is 7. The van der Waals surface area contributed by atoms with E-state index in [1.54, 1.807) is 37.3 Å². The van der Waals surface area contributed by atoms with Crippen molar-refractivity contribution in [2.45, 2.75) is 67.8 Å². The zero-order valence-corrected chi connectivity index (χ0v) is 24.8. The lowest BCUT2D eigenvalue weighted by Crippen LogP contribution is -2.76. The van der Waals surface area contributed by atoms with Gasteiger partial charge in [0.05, 0.1) is 23.8 Å². The smallest absolute Gasteiger partial charge is 0.338 e. The Morgan fingerprint density at radius 1 is 0.894 bits per heavy atom. The first-order valence-corrected chi connectivity index (χ1v) is 15.1. The van der Waals surface area contributed by atoms with E-state index in [-0.39, 0.29) is 25.0 Å². The summed E-state index contributed by atoms with van der Waals surface area (Å²) in [4.78, 5) is 38.8. The Kier molecular flexibility index (Phi) is 6.03. The van der Waals surface area contributed by atoms with Gasteiger partial charge in [-0.15, -0.1) is 0 Å². The van der Waals surface area contributed by atoms with Crippen molar-refractivity contribution in [2.24, 2.45) is 22.2 Å². The fraction of sp³-hybridized carbons (Fsp3) is 0.531. The minimum atomic E-state index is -1.82. The van der Waals surface area contributed by atoms with Crippen molar-refractivity contribution in [3.8, 4) is 17.2 Å². The lowest BCUT2D eigenvalue weighted by atomic mass is 9.48. The summed E-state index contributed by atoms with van der Waals surface area (Å²) in [6.45, 7) is 0.896. The van der Waals surface area contributed by atoms with E-state index < -0.39 is 112 Å². The molecular formula is C32H32O15. The predicted octanol–water partition coefficient (Wildman–Crippen LogP) is -0.533. The molecule has 2 aromatic carbocycles. The molecule has 2 bridgehead atoms. The average Bonchev–Trinajstić information content (AvgIpc) is 3.23. The van der Waals surface area contributed by atoms with Crippen LogP contribution in [0.5, 0.6) is 17.2 Å². The average molecular weight is 657 g/mol. The summed E-state index contributed by atoms with van der Waals surface area (Å²) in [6.07, 6.45) is -9.24. The Balaban J connectivity index is 1.04. The van der Waals surface area contributed by atoms with Gasteiger partial charge in [0.2, 0.25) is 0 Å². The van der Waals surface area contributed by atoms with E-state index in [0.29, 0.717) is 5.56 Å². The quantitative estimate of drug-likeness (QED) is 0.107. The Morgan fingerprint density at radius 2 is 1.55 bits per heavy atom. The number of phenols is 3. The first-order chi connectivity index (χ1) is 22.2. The third kappa shape index (κ3) is 3.29. The molecule has 7 N–H and O–H groups in total. The monoisotopic (exact) mass is 656 g/mol. The molecule has 0 amide bonds. The van der Waals surface area contributed by atoms with Gasteiger partial charge in [0.25, 0.3) is 0 Å². The standard InChI is InChI=1S/C32H32O15/c1-28-10-30(27(42)47-28)23(39)22-29(12-44-24(40)13-5-3-2-4-6-13)11-31(28,32(22,29)30)46-26-21(38)20(37)19(36)17(45-26)9-43-25(41)14-7-15(33)18(35)16(34)8-14/h2-8,17,19-23,26,33-39H,9-12H2,1H3/t17?,19-,20?,21?,22?,23+,26-,28-,29?,30?,31-,32+/m0/s1. The van der Waals surface area contributed by atoms with Crippen molar-refractivity contribution < 1.29 is 73.8 Å². The van der Waals surface area contributed by atoms with Gasteiger partial charge >= 0.3 is 17.9 Å². The fourth-order valence-electron chi connectivity index (χ4n) is 10.0. The number of esters is 3. The lowest BCUT2D eigenvalue weighted by molar-refractivity contribution is -0.385. The molecule has 4 aliphatic carbocycles. The molecule has 0 radical (unpaired) electrons. The summed E-state index contributed by atoms with van der Waals surface area (Å²) in [5.74, 6) is -5.11. The minimum absolute atomic E-state index is 0.102. The molecule has 15 heteroatoms. The predicted molar refractivity (Wildman–Crippen MR) is 149 cm³/mol. The Labute approximate surface area is 265 Å². The van der Waals surface area contributed by atoms with Crippen LogP contribution >= 0.6 is 0 Å². The largest absolute Gasteiger partial charge is 0.504 e. The van der Waals surface area contributed by atoms with Gasteiger partial charge in [0, 0.05) is 23.2 Å². The molecule has 8 rings (SSSR count). The van der Waals surface area contributed by atoms with Gasteiger partial charge in [0.1, 0.15) is 47.6 Å². The SMILES string of the molecule is C[C@@]12CC3(C(=O)O1)[C@H](O)C1C4(COC(=O)c5ccccc5)C[C@@]2(O[C@@H]2OC(COC(=O)c5cc(O)c(O)c(O)c5)[C@H](O)C(O)C2O)[C@]143. The summed E-state index contributed by atoms with van der Waals surface area (Å²) in [5, 5.41) is 72.7. The van der Waals surface area contributed by atoms with E-state index >= 15 is 0 Å². The van der Waals surface area contributed by atoms with Crippen LogP contribution in [0.25, 0.3) is 0 Å². The number of benzene rings is 2. The highest BCUT2D eigenvalue weighted by atomic mass is 16.7. The van der Waals surface area contributed by atoms with Crippen molar-refractivity contribution in [1.82, 2.24) is 0 Å². The van der Waals surface area contributed by atoms with Gasteiger partial charge in [-0.2, -0.15) is 0 Å². The maximum atomic E-state index is 13.3. The van der Waals surface area contributed by atoms with Crippen LogP contribution in [0.4, 0.5) is 0 Å². The van der Waals surface area contributed by atoms with Crippen LogP contribution in [-0.2, 0) is 28.5 Å².